The fourth-order valence-electron chi connectivity index (χ4n) is 3.38. The quantitative estimate of drug-likeness (QED) is 0.279. The summed E-state index contributed by atoms with van der Waals surface area (Å²) >= 11 is 0. The van der Waals surface area contributed by atoms with Crippen molar-refractivity contribution in [2.45, 2.75) is 39.2 Å². The molecule has 0 unspecified atom stereocenters. The van der Waals surface area contributed by atoms with Crippen molar-refractivity contribution in [1.29, 1.82) is 0 Å². The molecule has 1 heterocycles. The lowest BCUT2D eigenvalue weighted by atomic mass is 10.1. The smallest absolute Gasteiger partial charge is 0.359 e. The van der Waals surface area contributed by atoms with Gasteiger partial charge in [0, 0.05) is 11.9 Å². The normalized spacial score (nSPS) is 10.8. The van der Waals surface area contributed by atoms with Crippen molar-refractivity contribution < 1.29 is 19.1 Å². The van der Waals surface area contributed by atoms with Gasteiger partial charge in [0.05, 0.1) is 18.1 Å². The van der Waals surface area contributed by atoms with E-state index >= 15 is 0 Å². The first-order valence-electron chi connectivity index (χ1n) is 10.4. The van der Waals surface area contributed by atoms with Gasteiger partial charge in [0.2, 0.25) is 5.78 Å². The molecule has 162 valence electrons. The van der Waals surface area contributed by atoms with Crippen LogP contribution < -0.4 is 10.3 Å². The maximum absolute atomic E-state index is 12.8. The van der Waals surface area contributed by atoms with Crippen LogP contribution in [0, 0.1) is 0 Å². The van der Waals surface area contributed by atoms with E-state index in [1.54, 1.807) is 48.5 Å². The van der Waals surface area contributed by atoms with E-state index in [1.165, 1.54) is 11.8 Å². The molecular formula is C24H26N2O5. The summed E-state index contributed by atoms with van der Waals surface area (Å²) < 4.78 is 11.8. The van der Waals surface area contributed by atoms with Crippen LogP contribution >= 0.6 is 0 Å². The molecule has 7 nitrogen and oxygen atoms in total. The standard InChI is InChI=1S/C24H26N2O5/c1-3-4-5-10-15-26-23(28)18-12-7-6-11-17(18)22(25-26)24(29)31-16-20(27)19-13-8-9-14-21(19)30-2/h6-9,11-14H,3-5,10,15-16H2,1-2H3. The first-order chi connectivity index (χ1) is 15.1. The average Bonchev–Trinajstić information content (AvgIpc) is 2.81. The van der Waals surface area contributed by atoms with Crippen molar-refractivity contribution in [2.75, 3.05) is 13.7 Å². The van der Waals surface area contributed by atoms with E-state index in [9.17, 15) is 14.4 Å². The second-order valence-corrected chi connectivity index (χ2v) is 7.18. The van der Waals surface area contributed by atoms with Gasteiger partial charge in [-0.2, -0.15) is 5.10 Å². The van der Waals surface area contributed by atoms with Gasteiger partial charge < -0.3 is 9.47 Å². The summed E-state index contributed by atoms with van der Waals surface area (Å²) in [5.74, 6) is -0.725. The van der Waals surface area contributed by atoms with Crippen molar-refractivity contribution in [3.05, 3.63) is 70.1 Å². The molecule has 31 heavy (non-hydrogen) atoms. The molecule has 3 aromatic rings. The Labute approximate surface area is 180 Å². The third kappa shape index (κ3) is 5.17. The molecule has 0 aliphatic rings. The number of hydrogen-bond acceptors (Lipinski definition) is 6. The molecule has 0 saturated heterocycles. The summed E-state index contributed by atoms with van der Waals surface area (Å²) in [6.45, 7) is 2.08. The second kappa shape index (κ2) is 10.5. The molecule has 0 aliphatic carbocycles. The molecule has 0 amide bonds. The fourth-order valence-corrected chi connectivity index (χ4v) is 3.38. The number of nitrogens with zero attached hydrogens (tertiary/aromatic N) is 2. The van der Waals surface area contributed by atoms with Crippen LogP contribution in [0.15, 0.2) is 53.3 Å². The highest BCUT2D eigenvalue weighted by Gasteiger charge is 2.20. The number of para-hydroxylation sites is 1. The molecule has 0 bridgehead atoms. The Hall–Kier alpha value is -3.48. The van der Waals surface area contributed by atoms with Gasteiger partial charge in [0.15, 0.2) is 12.3 Å². The number of methoxy groups -OCH3 is 1. The van der Waals surface area contributed by atoms with Gasteiger partial charge in [-0.3, -0.25) is 9.59 Å². The highest BCUT2D eigenvalue weighted by molar-refractivity contribution is 6.04. The van der Waals surface area contributed by atoms with Crippen LogP contribution in [0.1, 0.15) is 53.5 Å². The number of hydrogen-bond donors (Lipinski definition) is 0. The Kier molecular flexibility index (Phi) is 7.54. The number of carbonyl (C=O) groups is 2. The minimum absolute atomic E-state index is 0.0264. The number of carbonyl (C=O) groups excluding carboxylic acids is 2. The third-order valence-corrected chi connectivity index (χ3v) is 5.03. The molecule has 2 aromatic carbocycles. The number of aromatic nitrogens is 2. The molecule has 0 radical (unpaired) electrons. The average molecular weight is 422 g/mol. The fraction of sp³-hybridized carbons (Fsp3) is 0.333. The van der Waals surface area contributed by atoms with Gasteiger partial charge in [-0.15, -0.1) is 0 Å². The molecular weight excluding hydrogens is 396 g/mol. The summed E-state index contributed by atoms with van der Waals surface area (Å²) in [4.78, 5) is 38.1. The van der Waals surface area contributed by atoms with E-state index in [4.69, 9.17) is 9.47 Å². The van der Waals surface area contributed by atoms with Gasteiger partial charge in [0.1, 0.15) is 5.75 Å². The molecule has 7 heteroatoms. The number of aryl methyl sites for hydroxylation is 1. The highest BCUT2D eigenvalue weighted by atomic mass is 16.5. The summed E-state index contributed by atoms with van der Waals surface area (Å²) in [6, 6.07) is 13.5. The Balaban J connectivity index is 1.83. The van der Waals surface area contributed by atoms with E-state index < -0.39 is 12.6 Å². The van der Waals surface area contributed by atoms with Crippen LogP contribution in [0.25, 0.3) is 10.8 Å². The minimum atomic E-state index is -0.748. The van der Waals surface area contributed by atoms with Gasteiger partial charge in [-0.1, -0.05) is 56.5 Å². The number of unbranched alkanes of at least 4 members (excludes halogenated alkanes) is 3. The molecule has 3 rings (SSSR count). The van der Waals surface area contributed by atoms with E-state index in [2.05, 4.69) is 12.0 Å². The maximum Gasteiger partial charge on any atom is 0.359 e. The van der Waals surface area contributed by atoms with Crippen molar-refractivity contribution in [2.24, 2.45) is 0 Å². The maximum atomic E-state index is 12.8. The van der Waals surface area contributed by atoms with Gasteiger partial charge in [0.25, 0.3) is 5.56 Å². The van der Waals surface area contributed by atoms with Crippen LogP contribution in [0.3, 0.4) is 0 Å². The molecule has 0 spiro atoms. The van der Waals surface area contributed by atoms with Crippen LogP contribution in [-0.4, -0.2) is 35.2 Å². The first kappa shape index (κ1) is 22.2. The number of Topliss-reactive ketones (excluding diaryl/α,β-unsaturated/α-hetero) is 1. The predicted octanol–water partition coefficient (Wildman–Crippen LogP) is 4.03. The number of fused-ring (bicyclic) bond motifs is 1. The van der Waals surface area contributed by atoms with Crippen molar-refractivity contribution in [1.82, 2.24) is 9.78 Å². The molecule has 1 aromatic heterocycles. The molecule has 0 atom stereocenters. The first-order valence-corrected chi connectivity index (χ1v) is 10.4. The zero-order valence-corrected chi connectivity index (χ0v) is 17.8. The number of ether oxygens (including phenoxy) is 2. The highest BCUT2D eigenvalue weighted by Crippen LogP contribution is 2.19. The lowest BCUT2D eigenvalue weighted by Crippen LogP contribution is -2.27. The third-order valence-electron chi connectivity index (χ3n) is 5.03. The van der Waals surface area contributed by atoms with Crippen LogP contribution in [-0.2, 0) is 11.3 Å². The number of benzene rings is 2. The Morgan fingerprint density at radius 1 is 0.968 bits per heavy atom. The van der Waals surface area contributed by atoms with Crippen LogP contribution in [0.2, 0.25) is 0 Å². The summed E-state index contributed by atoms with van der Waals surface area (Å²) in [6.07, 6.45) is 3.92. The molecule has 0 fully saturated rings. The van der Waals surface area contributed by atoms with Gasteiger partial charge in [-0.05, 0) is 24.6 Å². The molecule has 0 N–H and O–H groups in total. The van der Waals surface area contributed by atoms with Crippen molar-refractivity contribution in [3.63, 3.8) is 0 Å². The Bertz CT molecular complexity index is 1140. The van der Waals surface area contributed by atoms with Crippen molar-refractivity contribution >= 4 is 22.5 Å². The second-order valence-electron chi connectivity index (χ2n) is 7.18. The van der Waals surface area contributed by atoms with E-state index in [-0.39, 0.29) is 17.0 Å². The van der Waals surface area contributed by atoms with E-state index in [0.29, 0.717) is 28.6 Å². The topological polar surface area (TPSA) is 87.5 Å². The van der Waals surface area contributed by atoms with Crippen molar-refractivity contribution in [3.8, 4) is 5.75 Å². The summed E-state index contributed by atoms with van der Waals surface area (Å²) in [7, 11) is 1.47. The van der Waals surface area contributed by atoms with E-state index in [0.717, 1.165) is 25.7 Å². The lowest BCUT2D eigenvalue weighted by molar-refractivity contribution is 0.0467. The monoisotopic (exact) mass is 422 g/mol. The van der Waals surface area contributed by atoms with Crippen LogP contribution in [0.4, 0.5) is 0 Å². The minimum Gasteiger partial charge on any atom is -0.496 e. The van der Waals surface area contributed by atoms with Gasteiger partial charge in [-0.25, -0.2) is 9.48 Å². The number of rotatable bonds is 10. The predicted molar refractivity (Wildman–Crippen MR) is 118 cm³/mol. The zero-order valence-electron chi connectivity index (χ0n) is 17.8. The molecule has 0 saturated carbocycles. The number of ketones is 1. The molecule has 0 aliphatic heterocycles. The SMILES string of the molecule is CCCCCCn1nc(C(=O)OCC(=O)c2ccccc2OC)c2ccccc2c1=O. The van der Waals surface area contributed by atoms with Crippen LogP contribution in [0.5, 0.6) is 5.75 Å². The summed E-state index contributed by atoms with van der Waals surface area (Å²) in [5, 5.41) is 5.08. The lowest BCUT2D eigenvalue weighted by Gasteiger charge is -2.11. The van der Waals surface area contributed by atoms with Gasteiger partial charge >= 0.3 is 5.97 Å². The largest absolute Gasteiger partial charge is 0.496 e. The Morgan fingerprint density at radius 2 is 1.68 bits per heavy atom. The van der Waals surface area contributed by atoms with E-state index in [1.807, 2.05) is 0 Å². The number of esters is 1. The zero-order chi connectivity index (χ0) is 22.2. The Morgan fingerprint density at radius 3 is 2.42 bits per heavy atom. The summed E-state index contributed by atoms with van der Waals surface area (Å²) in [5.41, 5.74) is 0.115.